The van der Waals surface area contributed by atoms with E-state index in [0.29, 0.717) is 31.7 Å². The van der Waals surface area contributed by atoms with E-state index in [1.165, 1.54) is 18.2 Å². The summed E-state index contributed by atoms with van der Waals surface area (Å²) in [5.41, 5.74) is 5.41. The van der Waals surface area contributed by atoms with Crippen LogP contribution in [0.2, 0.25) is 0 Å². The highest BCUT2D eigenvalue weighted by molar-refractivity contribution is 5.95. The molecule has 24 heavy (non-hydrogen) atoms. The van der Waals surface area contributed by atoms with Gasteiger partial charge in [0.25, 0.3) is 0 Å². The van der Waals surface area contributed by atoms with Crippen molar-refractivity contribution in [1.82, 2.24) is 0 Å². The van der Waals surface area contributed by atoms with Gasteiger partial charge in [0, 0.05) is 31.5 Å². The van der Waals surface area contributed by atoms with Crippen LogP contribution in [0.3, 0.4) is 0 Å². The van der Waals surface area contributed by atoms with Crippen LogP contribution >= 0.6 is 12.4 Å². The summed E-state index contributed by atoms with van der Waals surface area (Å²) in [6.45, 7) is -0.278. The lowest BCUT2D eigenvalue weighted by Gasteiger charge is -2.34. The summed E-state index contributed by atoms with van der Waals surface area (Å²) in [5.74, 6) is -0.217. The minimum absolute atomic E-state index is 0. The van der Waals surface area contributed by atoms with Gasteiger partial charge in [0.15, 0.2) is 6.61 Å². The largest absolute Gasteiger partial charge is 0.484 e. The molecule has 136 valence electrons. The molecule has 0 atom stereocenters. The fourth-order valence-electron chi connectivity index (χ4n) is 2.38. The van der Waals surface area contributed by atoms with E-state index in [9.17, 15) is 18.0 Å². The quantitative estimate of drug-likeness (QED) is 0.838. The fourth-order valence-corrected chi connectivity index (χ4v) is 2.38. The molecule has 3 N–H and O–H groups in total. The van der Waals surface area contributed by atoms with E-state index in [4.69, 9.17) is 10.5 Å². The standard InChI is InChI=1S/C15H19F3N2O3.ClH/c16-15(17,18)10-23-12-3-1-2-11(8-12)20-13(21)14(9-19)4-6-22-7-5-14;/h1-3,8H,4-7,9-10,19H2,(H,20,21);1H. The van der Waals surface area contributed by atoms with Gasteiger partial charge in [0.2, 0.25) is 5.91 Å². The molecule has 1 aromatic rings. The average molecular weight is 369 g/mol. The molecule has 0 spiro atoms. The summed E-state index contributed by atoms with van der Waals surface area (Å²) in [7, 11) is 0. The highest BCUT2D eigenvalue weighted by Gasteiger charge is 2.38. The van der Waals surface area contributed by atoms with E-state index in [0.717, 1.165) is 0 Å². The third-order valence-corrected chi connectivity index (χ3v) is 3.82. The zero-order valence-electron chi connectivity index (χ0n) is 12.9. The lowest BCUT2D eigenvalue weighted by atomic mass is 9.79. The zero-order chi connectivity index (χ0) is 16.9. The van der Waals surface area contributed by atoms with Crippen molar-refractivity contribution in [3.63, 3.8) is 0 Å². The first kappa shape index (κ1) is 20.5. The molecule has 0 unspecified atom stereocenters. The van der Waals surface area contributed by atoms with E-state index in [1.54, 1.807) is 6.07 Å². The fraction of sp³-hybridized carbons (Fsp3) is 0.533. The number of carbonyl (C=O) groups excluding carboxylic acids is 1. The summed E-state index contributed by atoms with van der Waals surface area (Å²) in [4.78, 5) is 12.5. The number of nitrogens with one attached hydrogen (secondary N) is 1. The molecule has 0 aliphatic carbocycles. The molecule has 5 nitrogen and oxygen atoms in total. The first-order valence-electron chi connectivity index (χ1n) is 7.24. The Morgan fingerprint density at radius 3 is 2.58 bits per heavy atom. The number of halogens is 4. The van der Waals surface area contributed by atoms with Gasteiger partial charge in [-0.3, -0.25) is 4.79 Å². The van der Waals surface area contributed by atoms with Crippen LogP contribution in [0.1, 0.15) is 12.8 Å². The Hall–Kier alpha value is -1.51. The molecule has 9 heteroatoms. The van der Waals surface area contributed by atoms with Crippen molar-refractivity contribution in [2.45, 2.75) is 19.0 Å². The van der Waals surface area contributed by atoms with Crippen molar-refractivity contribution in [2.75, 3.05) is 31.7 Å². The van der Waals surface area contributed by atoms with Crippen molar-refractivity contribution >= 4 is 24.0 Å². The Bertz CT molecular complexity index is 549. The Kier molecular flexibility index (Phi) is 7.31. The third kappa shape index (κ3) is 5.54. The van der Waals surface area contributed by atoms with E-state index >= 15 is 0 Å². The number of hydrogen-bond acceptors (Lipinski definition) is 4. The number of nitrogens with two attached hydrogens (primary N) is 1. The van der Waals surface area contributed by atoms with Crippen LogP contribution in [0.5, 0.6) is 5.75 Å². The zero-order valence-corrected chi connectivity index (χ0v) is 13.7. The molecule has 1 heterocycles. The van der Waals surface area contributed by atoms with Crippen LogP contribution in [-0.4, -0.2) is 38.4 Å². The summed E-state index contributed by atoms with van der Waals surface area (Å²) in [6, 6.07) is 5.85. The predicted octanol–water partition coefficient (Wildman–Crippen LogP) is 2.74. The molecule has 1 amide bonds. The molecule has 1 aromatic carbocycles. The lowest BCUT2D eigenvalue weighted by Crippen LogP contribution is -2.46. The summed E-state index contributed by atoms with van der Waals surface area (Å²) >= 11 is 0. The number of rotatable bonds is 5. The Labute approximate surface area is 144 Å². The molecule has 0 bridgehead atoms. The third-order valence-electron chi connectivity index (χ3n) is 3.82. The number of ether oxygens (including phenoxy) is 2. The van der Waals surface area contributed by atoms with Crippen molar-refractivity contribution in [3.05, 3.63) is 24.3 Å². The van der Waals surface area contributed by atoms with Crippen LogP contribution in [0.15, 0.2) is 24.3 Å². The Morgan fingerprint density at radius 2 is 2.00 bits per heavy atom. The van der Waals surface area contributed by atoms with Crippen molar-refractivity contribution < 1.29 is 27.4 Å². The molecule has 1 saturated heterocycles. The van der Waals surface area contributed by atoms with E-state index in [2.05, 4.69) is 10.1 Å². The van der Waals surface area contributed by atoms with Gasteiger partial charge < -0.3 is 20.5 Å². The Morgan fingerprint density at radius 1 is 1.33 bits per heavy atom. The van der Waals surface area contributed by atoms with Crippen LogP contribution < -0.4 is 15.8 Å². The normalized spacial score (nSPS) is 16.8. The monoisotopic (exact) mass is 368 g/mol. The van der Waals surface area contributed by atoms with Gasteiger partial charge in [0.1, 0.15) is 5.75 Å². The molecular formula is C15H20ClF3N2O3. The van der Waals surface area contributed by atoms with E-state index in [1.807, 2.05) is 0 Å². The summed E-state index contributed by atoms with van der Waals surface area (Å²) < 4.78 is 46.4. The molecular weight excluding hydrogens is 349 g/mol. The van der Waals surface area contributed by atoms with Crippen LogP contribution in [0.25, 0.3) is 0 Å². The molecule has 1 aliphatic rings. The minimum atomic E-state index is -4.41. The smallest absolute Gasteiger partial charge is 0.422 e. The highest BCUT2D eigenvalue weighted by atomic mass is 35.5. The van der Waals surface area contributed by atoms with Gasteiger partial charge in [-0.1, -0.05) is 6.07 Å². The number of carbonyl (C=O) groups is 1. The maximum absolute atomic E-state index is 12.5. The topological polar surface area (TPSA) is 73.6 Å². The van der Waals surface area contributed by atoms with Crippen LogP contribution in [0, 0.1) is 5.41 Å². The maximum Gasteiger partial charge on any atom is 0.422 e. The maximum atomic E-state index is 12.5. The van der Waals surface area contributed by atoms with Gasteiger partial charge in [-0.05, 0) is 25.0 Å². The highest BCUT2D eigenvalue weighted by Crippen LogP contribution is 2.31. The summed E-state index contributed by atoms with van der Waals surface area (Å²) in [6.07, 6.45) is -3.38. The number of benzene rings is 1. The SMILES string of the molecule is Cl.NCC1(C(=O)Nc2cccc(OCC(F)(F)F)c2)CCOCC1. The minimum Gasteiger partial charge on any atom is -0.484 e. The number of amides is 1. The second-order valence-electron chi connectivity index (χ2n) is 5.48. The average Bonchev–Trinajstić information content (AvgIpc) is 2.53. The number of anilines is 1. The number of alkyl halides is 3. The van der Waals surface area contributed by atoms with Crippen LogP contribution in [-0.2, 0) is 9.53 Å². The van der Waals surface area contributed by atoms with E-state index in [-0.39, 0.29) is 30.6 Å². The van der Waals surface area contributed by atoms with Crippen molar-refractivity contribution in [2.24, 2.45) is 11.1 Å². The molecule has 2 rings (SSSR count). The lowest BCUT2D eigenvalue weighted by molar-refractivity contribution is -0.153. The van der Waals surface area contributed by atoms with Gasteiger partial charge in [-0.25, -0.2) is 0 Å². The van der Waals surface area contributed by atoms with Crippen molar-refractivity contribution in [3.8, 4) is 5.75 Å². The first-order chi connectivity index (χ1) is 10.8. The van der Waals surface area contributed by atoms with Gasteiger partial charge in [-0.2, -0.15) is 13.2 Å². The molecule has 1 aliphatic heterocycles. The predicted molar refractivity (Wildman–Crippen MR) is 85.4 cm³/mol. The molecule has 0 radical (unpaired) electrons. The molecule has 0 aromatic heterocycles. The van der Waals surface area contributed by atoms with E-state index < -0.39 is 18.2 Å². The van der Waals surface area contributed by atoms with Crippen molar-refractivity contribution in [1.29, 1.82) is 0 Å². The van der Waals surface area contributed by atoms with Gasteiger partial charge in [0.05, 0.1) is 5.41 Å². The van der Waals surface area contributed by atoms with Crippen LogP contribution in [0.4, 0.5) is 18.9 Å². The Balaban J connectivity index is 0.00000288. The summed E-state index contributed by atoms with van der Waals surface area (Å²) in [5, 5.41) is 2.71. The molecule has 0 saturated carbocycles. The number of hydrogen-bond donors (Lipinski definition) is 2. The second-order valence-corrected chi connectivity index (χ2v) is 5.48. The van der Waals surface area contributed by atoms with Gasteiger partial charge in [-0.15, -0.1) is 12.4 Å². The molecule has 1 fully saturated rings. The van der Waals surface area contributed by atoms with Gasteiger partial charge >= 0.3 is 6.18 Å². The second kappa shape index (κ2) is 8.55. The first-order valence-corrected chi connectivity index (χ1v) is 7.24.